The van der Waals surface area contributed by atoms with Crippen LogP contribution >= 0.6 is 0 Å². The van der Waals surface area contributed by atoms with E-state index >= 15 is 0 Å². The molecule has 0 saturated carbocycles. The molecule has 1 aromatic carbocycles. The Hall–Kier alpha value is -1.60. The highest BCUT2D eigenvalue weighted by Gasteiger charge is 2.13. The van der Waals surface area contributed by atoms with E-state index in [0.717, 1.165) is 6.07 Å². The van der Waals surface area contributed by atoms with Crippen LogP contribution in [0.5, 0.6) is 0 Å². The van der Waals surface area contributed by atoms with Crippen LogP contribution in [0.4, 0.5) is 10.5 Å². The summed E-state index contributed by atoms with van der Waals surface area (Å²) in [5, 5.41) is 2.21. The molecule has 0 aliphatic carbocycles. The number of hydrogen-bond donors (Lipinski definition) is 3. The van der Waals surface area contributed by atoms with Gasteiger partial charge in [-0.25, -0.2) is 4.79 Å². The van der Waals surface area contributed by atoms with Gasteiger partial charge in [-0.3, -0.25) is 4.55 Å². The molecule has 0 unspecified atom stereocenters. The van der Waals surface area contributed by atoms with Gasteiger partial charge in [0, 0.05) is 5.69 Å². The second kappa shape index (κ2) is 3.87. The van der Waals surface area contributed by atoms with Gasteiger partial charge in [0.15, 0.2) is 0 Å². The summed E-state index contributed by atoms with van der Waals surface area (Å²) in [6.45, 7) is 1.52. The van der Waals surface area contributed by atoms with Crippen molar-refractivity contribution in [1.29, 1.82) is 0 Å². The maximum atomic E-state index is 10.9. The predicted octanol–water partition coefficient (Wildman–Crippen LogP) is 0.732. The molecule has 1 aromatic rings. The van der Waals surface area contributed by atoms with Crippen LogP contribution in [-0.4, -0.2) is 19.0 Å². The Morgan fingerprint density at radius 2 is 2.07 bits per heavy atom. The van der Waals surface area contributed by atoms with Gasteiger partial charge in [0.25, 0.3) is 10.1 Å². The molecule has 7 heteroatoms. The Morgan fingerprint density at radius 3 is 2.53 bits per heavy atom. The van der Waals surface area contributed by atoms with Crippen molar-refractivity contribution in [3.05, 3.63) is 23.8 Å². The number of carbonyl (C=O) groups excluding carboxylic acids is 1. The van der Waals surface area contributed by atoms with Crippen molar-refractivity contribution in [2.75, 3.05) is 5.32 Å². The Balaban J connectivity index is 3.23. The molecule has 0 radical (unpaired) electrons. The number of aryl methyl sites for hydroxylation is 1. The summed E-state index contributed by atoms with van der Waals surface area (Å²) in [6, 6.07) is 3.26. The van der Waals surface area contributed by atoms with Gasteiger partial charge in [-0.2, -0.15) is 8.42 Å². The van der Waals surface area contributed by atoms with Crippen LogP contribution < -0.4 is 11.1 Å². The van der Waals surface area contributed by atoms with Crippen molar-refractivity contribution in [1.82, 2.24) is 0 Å². The van der Waals surface area contributed by atoms with Gasteiger partial charge >= 0.3 is 6.03 Å². The fraction of sp³-hybridized carbons (Fsp3) is 0.125. The molecule has 0 spiro atoms. The van der Waals surface area contributed by atoms with Crippen molar-refractivity contribution in [3.63, 3.8) is 0 Å². The fourth-order valence-electron chi connectivity index (χ4n) is 1.10. The van der Waals surface area contributed by atoms with E-state index in [0.29, 0.717) is 5.56 Å². The number of nitrogens with one attached hydrogen (secondary N) is 1. The zero-order valence-electron chi connectivity index (χ0n) is 7.89. The highest BCUT2D eigenvalue weighted by Crippen LogP contribution is 2.19. The Bertz CT molecular complexity index is 495. The van der Waals surface area contributed by atoms with Crippen LogP contribution in [0.3, 0.4) is 0 Å². The first-order valence-corrected chi connectivity index (χ1v) is 5.39. The van der Waals surface area contributed by atoms with Gasteiger partial charge < -0.3 is 11.1 Å². The summed E-state index contributed by atoms with van der Waals surface area (Å²) in [7, 11) is -4.28. The molecule has 2 amide bonds. The first kappa shape index (κ1) is 11.5. The van der Waals surface area contributed by atoms with E-state index in [9.17, 15) is 13.2 Å². The normalized spacial score (nSPS) is 11.1. The third-order valence-corrected chi connectivity index (χ3v) is 2.73. The molecule has 0 saturated heterocycles. The summed E-state index contributed by atoms with van der Waals surface area (Å²) in [6.07, 6.45) is 0. The minimum atomic E-state index is -4.28. The lowest BCUT2D eigenvalue weighted by Crippen LogP contribution is -2.19. The molecule has 0 atom stereocenters. The van der Waals surface area contributed by atoms with E-state index in [1.165, 1.54) is 19.1 Å². The lowest BCUT2D eigenvalue weighted by Gasteiger charge is -2.06. The molecule has 1 rings (SSSR count). The molecule has 82 valence electrons. The fourth-order valence-corrected chi connectivity index (χ4v) is 1.85. The molecule has 6 nitrogen and oxygen atoms in total. The molecule has 0 heterocycles. The molecule has 4 N–H and O–H groups in total. The average Bonchev–Trinajstić information content (AvgIpc) is 2.05. The first-order chi connectivity index (χ1) is 6.80. The Labute approximate surface area is 86.8 Å². The number of benzene rings is 1. The second-order valence-electron chi connectivity index (χ2n) is 2.94. The Morgan fingerprint density at radius 1 is 1.47 bits per heavy atom. The predicted molar refractivity (Wildman–Crippen MR) is 54.2 cm³/mol. The minimum Gasteiger partial charge on any atom is -0.351 e. The van der Waals surface area contributed by atoms with Crippen LogP contribution in [0.2, 0.25) is 0 Å². The number of amides is 2. The first-order valence-electron chi connectivity index (χ1n) is 3.95. The maximum Gasteiger partial charge on any atom is 0.316 e. The van der Waals surface area contributed by atoms with Crippen LogP contribution in [0.25, 0.3) is 0 Å². The largest absolute Gasteiger partial charge is 0.351 e. The van der Waals surface area contributed by atoms with Crippen molar-refractivity contribution in [2.45, 2.75) is 11.8 Å². The molecular formula is C8H10N2O4S. The molecular weight excluding hydrogens is 220 g/mol. The van der Waals surface area contributed by atoms with E-state index in [2.05, 4.69) is 5.32 Å². The molecule has 0 aliphatic rings. The van der Waals surface area contributed by atoms with E-state index in [-0.39, 0.29) is 10.6 Å². The van der Waals surface area contributed by atoms with Gasteiger partial charge in [-0.05, 0) is 24.6 Å². The molecule has 0 aromatic heterocycles. The van der Waals surface area contributed by atoms with E-state index < -0.39 is 16.1 Å². The highest BCUT2D eigenvalue weighted by atomic mass is 32.2. The SMILES string of the molecule is Cc1ccc(NC(N)=O)cc1S(=O)(=O)O. The number of carbonyl (C=O) groups is 1. The summed E-state index contributed by atoms with van der Waals surface area (Å²) in [4.78, 5) is 10.3. The van der Waals surface area contributed by atoms with Gasteiger partial charge in [-0.15, -0.1) is 0 Å². The zero-order chi connectivity index (χ0) is 11.6. The number of hydrogen-bond acceptors (Lipinski definition) is 3. The maximum absolute atomic E-state index is 10.9. The summed E-state index contributed by atoms with van der Waals surface area (Å²) in [5.74, 6) is 0. The number of anilines is 1. The quantitative estimate of drug-likeness (QED) is 0.650. The third kappa shape index (κ3) is 2.93. The molecule has 0 fully saturated rings. The topological polar surface area (TPSA) is 109 Å². The lowest BCUT2D eigenvalue weighted by atomic mass is 10.2. The Kier molecular flexibility index (Phi) is 2.96. The second-order valence-corrected chi connectivity index (χ2v) is 4.33. The minimum absolute atomic E-state index is 0.209. The summed E-state index contributed by atoms with van der Waals surface area (Å²) >= 11 is 0. The number of rotatable bonds is 2. The van der Waals surface area contributed by atoms with Crippen molar-refractivity contribution in [3.8, 4) is 0 Å². The number of nitrogens with two attached hydrogens (primary N) is 1. The molecule has 0 bridgehead atoms. The third-order valence-electron chi connectivity index (χ3n) is 1.73. The van der Waals surface area contributed by atoms with Gasteiger partial charge in [0.05, 0.1) is 4.90 Å². The summed E-state index contributed by atoms with van der Waals surface area (Å²) < 4.78 is 30.7. The lowest BCUT2D eigenvalue weighted by molar-refractivity contribution is 0.259. The summed E-state index contributed by atoms with van der Waals surface area (Å²) in [5.41, 5.74) is 5.45. The van der Waals surface area contributed by atoms with E-state index in [4.69, 9.17) is 10.3 Å². The molecule has 0 aliphatic heterocycles. The van der Waals surface area contributed by atoms with E-state index in [1.54, 1.807) is 0 Å². The molecule has 15 heavy (non-hydrogen) atoms. The van der Waals surface area contributed by atoms with Crippen molar-refractivity contribution >= 4 is 21.8 Å². The smallest absolute Gasteiger partial charge is 0.316 e. The van der Waals surface area contributed by atoms with Gasteiger partial charge in [0.1, 0.15) is 0 Å². The average molecular weight is 230 g/mol. The van der Waals surface area contributed by atoms with Crippen molar-refractivity contribution in [2.24, 2.45) is 5.73 Å². The highest BCUT2D eigenvalue weighted by molar-refractivity contribution is 7.85. The standard InChI is InChI=1S/C8H10N2O4S/c1-5-2-3-6(10-8(9)11)4-7(5)15(12,13)14/h2-4H,1H3,(H3,9,10,11)(H,12,13,14). The van der Waals surface area contributed by atoms with Gasteiger partial charge in [0.2, 0.25) is 0 Å². The zero-order valence-corrected chi connectivity index (χ0v) is 8.71. The van der Waals surface area contributed by atoms with Crippen molar-refractivity contribution < 1.29 is 17.8 Å². The monoisotopic (exact) mass is 230 g/mol. The van der Waals surface area contributed by atoms with Gasteiger partial charge in [-0.1, -0.05) is 6.07 Å². The number of primary amides is 1. The number of urea groups is 1. The van der Waals surface area contributed by atoms with Crippen LogP contribution in [0, 0.1) is 6.92 Å². The van der Waals surface area contributed by atoms with Crippen LogP contribution in [0.15, 0.2) is 23.1 Å². The van der Waals surface area contributed by atoms with E-state index in [1.807, 2.05) is 0 Å². The van der Waals surface area contributed by atoms with Crippen LogP contribution in [0.1, 0.15) is 5.56 Å². The van der Waals surface area contributed by atoms with Crippen LogP contribution in [-0.2, 0) is 10.1 Å².